The molecule has 1 N–H and O–H groups in total. The van der Waals surface area contributed by atoms with Gasteiger partial charge in [0, 0.05) is 18.4 Å². The molecule has 3 rings (SSSR count). The Bertz CT molecular complexity index is 368. The zero-order valence-electron chi connectivity index (χ0n) is 11.9. The van der Waals surface area contributed by atoms with E-state index in [0.717, 1.165) is 25.7 Å². The first-order chi connectivity index (χ1) is 9.22. The van der Waals surface area contributed by atoms with Gasteiger partial charge in [-0.25, -0.2) is 0 Å². The van der Waals surface area contributed by atoms with Crippen LogP contribution in [0, 0.1) is 11.8 Å². The fraction of sp³-hybridized carbons (Fsp3) is 0.933. The zero-order valence-corrected chi connectivity index (χ0v) is 11.9. The molecule has 4 nitrogen and oxygen atoms in total. The third kappa shape index (κ3) is 2.82. The number of nitrogens with zero attached hydrogens (tertiary/aromatic N) is 2. The second-order valence-electron chi connectivity index (χ2n) is 6.54. The summed E-state index contributed by atoms with van der Waals surface area (Å²) in [4.78, 5) is 12.4. The summed E-state index contributed by atoms with van der Waals surface area (Å²) in [5, 5.41) is 11.5. The summed E-state index contributed by atoms with van der Waals surface area (Å²) in [6.45, 7) is 2.20. The van der Waals surface area contributed by atoms with Gasteiger partial charge in [-0.05, 0) is 38.0 Å². The van der Waals surface area contributed by atoms with Crippen LogP contribution >= 0.6 is 0 Å². The van der Waals surface area contributed by atoms with E-state index in [0.29, 0.717) is 12.0 Å². The van der Waals surface area contributed by atoms with E-state index in [9.17, 15) is 4.79 Å². The van der Waals surface area contributed by atoms with Crippen LogP contribution < -0.4 is 5.32 Å². The lowest BCUT2D eigenvalue weighted by Crippen LogP contribution is -2.43. The molecule has 1 spiro atoms. The van der Waals surface area contributed by atoms with E-state index >= 15 is 0 Å². The highest BCUT2D eigenvalue weighted by Crippen LogP contribution is 2.47. The third-order valence-corrected chi connectivity index (χ3v) is 5.21. The van der Waals surface area contributed by atoms with Gasteiger partial charge in [0.1, 0.15) is 0 Å². The fourth-order valence-corrected chi connectivity index (χ4v) is 3.87. The Balaban J connectivity index is 1.52. The van der Waals surface area contributed by atoms with Crippen LogP contribution in [0.2, 0.25) is 0 Å². The van der Waals surface area contributed by atoms with Gasteiger partial charge in [-0.2, -0.15) is 10.2 Å². The zero-order chi connectivity index (χ0) is 13.3. The van der Waals surface area contributed by atoms with Crippen LogP contribution in [-0.4, -0.2) is 17.6 Å². The maximum Gasteiger partial charge on any atom is 0.223 e. The lowest BCUT2D eigenvalue weighted by atomic mass is 9.82. The number of rotatable bonds is 4. The first kappa shape index (κ1) is 13.1. The van der Waals surface area contributed by atoms with E-state index in [1.165, 1.54) is 32.1 Å². The van der Waals surface area contributed by atoms with Crippen LogP contribution in [0.15, 0.2) is 10.2 Å². The van der Waals surface area contributed by atoms with E-state index < -0.39 is 0 Å². The summed E-state index contributed by atoms with van der Waals surface area (Å²) in [5.41, 5.74) is -0.130. The summed E-state index contributed by atoms with van der Waals surface area (Å²) in [6, 6.07) is 0.387. The second-order valence-corrected chi connectivity index (χ2v) is 6.54. The summed E-state index contributed by atoms with van der Waals surface area (Å²) in [5.74, 6) is 1.10. The van der Waals surface area contributed by atoms with Gasteiger partial charge in [0.15, 0.2) is 5.66 Å². The summed E-state index contributed by atoms with van der Waals surface area (Å²) in [7, 11) is 0. The van der Waals surface area contributed by atoms with Crippen molar-refractivity contribution < 1.29 is 4.79 Å². The van der Waals surface area contributed by atoms with Crippen LogP contribution in [0.1, 0.15) is 64.7 Å². The summed E-state index contributed by atoms with van der Waals surface area (Å²) >= 11 is 0. The molecule has 2 fully saturated rings. The van der Waals surface area contributed by atoms with Gasteiger partial charge < -0.3 is 5.32 Å². The first-order valence-corrected chi connectivity index (χ1v) is 7.97. The quantitative estimate of drug-likeness (QED) is 0.830. The monoisotopic (exact) mass is 263 g/mol. The van der Waals surface area contributed by atoms with Crippen molar-refractivity contribution >= 4 is 5.91 Å². The molecule has 19 heavy (non-hydrogen) atoms. The number of hydrogen-bond acceptors (Lipinski definition) is 3. The van der Waals surface area contributed by atoms with E-state index in [1.807, 2.05) is 0 Å². The molecule has 2 saturated carbocycles. The predicted molar refractivity (Wildman–Crippen MR) is 73.7 cm³/mol. The Morgan fingerprint density at radius 3 is 2.58 bits per heavy atom. The minimum absolute atomic E-state index is 0.130. The molecule has 2 atom stereocenters. The molecule has 0 aromatic carbocycles. The lowest BCUT2D eigenvalue weighted by Gasteiger charge is -2.31. The molecule has 1 amide bonds. The van der Waals surface area contributed by atoms with Gasteiger partial charge >= 0.3 is 0 Å². The third-order valence-electron chi connectivity index (χ3n) is 5.21. The van der Waals surface area contributed by atoms with Crippen molar-refractivity contribution in [1.29, 1.82) is 0 Å². The minimum atomic E-state index is -0.130. The molecule has 0 aromatic heterocycles. The van der Waals surface area contributed by atoms with Crippen molar-refractivity contribution in [3.63, 3.8) is 0 Å². The molecule has 1 aliphatic heterocycles. The van der Waals surface area contributed by atoms with Crippen LogP contribution in [0.4, 0.5) is 0 Å². The number of carbonyl (C=O) groups is 1. The molecule has 0 bridgehead atoms. The summed E-state index contributed by atoms with van der Waals surface area (Å²) in [6.07, 6.45) is 10.5. The molecular formula is C15H25N3O. The first-order valence-electron chi connectivity index (χ1n) is 7.97. The number of nitrogens with one attached hydrogen (secondary N) is 1. The van der Waals surface area contributed by atoms with E-state index in [-0.39, 0.29) is 17.5 Å². The maximum absolute atomic E-state index is 12.4. The van der Waals surface area contributed by atoms with E-state index in [4.69, 9.17) is 0 Å². The number of hydrogen-bond donors (Lipinski definition) is 1. The highest BCUT2D eigenvalue weighted by atomic mass is 16.2. The molecule has 4 heteroatoms. The van der Waals surface area contributed by atoms with E-state index in [2.05, 4.69) is 22.5 Å². The van der Waals surface area contributed by atoms with Crippen molar-refractivity contribution in [2.45, 2.75) is 76.4 Å². The van der Waals surface area contributed by atoms with E-state index in [1.54, 1.807) is 0 Å². The van der Waals surface area contributed by atoms with Gasteiger partial charge in [0.05, 0.1) is 0 Å². The smallest absolute Gasteiger partial charge is 0.223 e. The Labute approximate surface area is 115 Å². The van der Waals surface area contributed by atoms with Crippen LogP contribution in [-0.2, 0) is 4.79 Å². The summed E-state index contributed by atoms with van der Waals surface area (Å²) < 4.78 is 0. The van der Waals surface area contributed by atoms with Crippen LogP contribution in [0.25, 0.3) is 0 Å². The van der Waals surface area contributed by atoms with Crippen LogP contribution in [0.3, 0.4) is 0 Å². The standard InChI is InChI=1S/C15H25N3O/c1-2-13(11-6-4-3-5-7-11)16-14(19)12-8-9-15(10-12)17-18-15/h11-13H,2-10H2,1H3,(H,16,19). The average Bonchev–Trinajstić information content (AvgIpc) is 3.06. The molecule has 0 radical (unpaired) electrons. The SMILES string of the molecule is CCC(NC(=O)C1CCC2(C1)N=N2)C1CCCCC1. The molecule has 106 valence electrons. The molecule has 1 heterocycles. The normalized spacial score (nSPS) is 30.5. The highest BCUT2D eigenvalue weighted by molar-refractivity contribution is 5.79. The predicted octanol–water partition coefficient (Wildman–Crippen LogP) is 3.42. The average molecular weight is 263 g/mol. The number of amides is 1. The largest absolute Gasteiger partial charge is 0.353 e. The van der Waals surface area contributed by atoms with Crippen molar-refractivity contribution in [3.05, 3.63) is 0 Å². The molecular weight excluding hydrogens is 238 g/mol. The minimum Gasteiger partial charge on any atom is -0.353 e. The van der Waals surface area contributed by atoms with Gasteiger partial charge in [0.2, 0.25) is 5.91 Å². The van der Waals surface area contributed by atoms with Crippen molar-refractivity contribution in [2.24, 2.45) is 22.1 Å². The van der Waals surface area contributed by atoms with Gasteiger partial charge in [-0.1, -0.05) is 26.2 Å². The van der Waals surface area contributed by atoms with Crippen molar-refractivity contribution in [3.8, 4) is 0 Å². The highest BCUT2D eigenvalue weighted by Gasteiger charge is 2.49. The molecule has 0 saturated heterocycles. The van der Waals surface area contributed by atoms with Gasteiger partial charge in [-0.3, -0.25) is 4.79 Å². The van der Waals surface area contributed by atoms with Crippen LogP contribution in [0.5, 0.6) is 0 Å². The van der Waals surface area contributed by atoms with Gasteiger partial charge in [0.25, 0.3) is 0 Å². The topological polar surface area (TPSA) is 53.8 Å². The Morgan fingerprint density at radius 2 is 2.00 bits per heavy atom. The molecule has 3 aliphatic rings. The van der Waals surface area contributed by atoms with Crippen molar-refractivity contribution in [2.75, 3.05) is 0 Å². The molecule has 2 aliphatic carbocycles. The lowest BCUT2D eigenvalue weighted by molar-refractivity contribution is -0.126. The molecule has 2 unspecified atom stereocenters. The second kappa shape index (κ2) is 5.22. The fourth-order valence-electron chi connectivity index (χ4n) is 3.87. The van der Waals surface area contributed by atoms with Gasteiger partial charge in [-0.15, -0.1) is 0 Å². The maximum atomic E-state index is 12.4. The Kier molecular flexibility index (Phi) is 3.59. The Hall–Kier alpha value is -0.930. The van der Waals surface area contributed by atoms with Crippen molar-refractivity contribution in [1.82, 2.24) is 5.32 Å². The number of carbonyl (C=O) groups excluding carboxylic acids is 1. The molecule has 0 aromatic rings. The Morgan fingerprint density at radius 1 is 1.26 bits per heavy atom.